The van der Waals surface area contributed by atoms with Crippen LogP contribution in [-0.2, 0) is 16.6 Å². The molecule has 0 aromatic heterocycles. The molecule has 0 aliphatic rings. The van der Waals surface area contributed by atoms with Crippen LogP contribution in [0.3, 0.4) is 0 Å². The van der Waals surface area contributed by atoms with Crippen molar-refractivity contribution in [2.45, 2.75) is 45.1 Å². The monoisotopic (exact) mass is 298 g/mol. The SMILES string of the molecule is CCC(CC)CN(CC)S(=O)(=O)c1cccc(CN)c1. The van der Waals surface area contributed by atoms with E-state index in [1.807, 2.05) is 13.0 Å². The van der Waals surface area contributed by atoms with Gasteiger partial charge in [0.1, 0.15) is 0 Å². The maximum Gasteiger partial charge on any atom is 0.243 e. The third-order valence-corrected chi connectivity index (χ3v) is 5.68. The van der Waals surface area contributed by atoms with Crippen LogP contribution in [0.15, 0.2) is 29.2 Å². The predicted octanol–water partition coefficient (Wildman–Crippen LogP) is 2.59. The van der Waals surface area contributed by atoms with E-state index in [0.717, 1.165) is 18.4 Å². The summed E-state index contributed by atoms with van der Waals surface area (Å²) in [5.41, 5.74) is 6.42. The Morgan fingerprint density at radius 3 is 2.35 bits per heavy atom. The highest BCUT2D eigenvalue weighted by Gasteiger charge is 2.25. The lowest BCUT2D eigenvalue weighted by molar-refractivity contribution is 0.339. The summed E-state index contributed by atoms with van der Waals surface area (Å²) in [6, 6.07) is 6.91. The Morgan fingerprint density at radius 2 is 1.85 bits per heavy atom. The molecule has 0 bridgehead atoms. The first-order chi connectivity index (χ1) is 9.49. The second-order valence-corrected chi connectivity index (χ2v) is 6.93. The molecule has 2 N–H and O–H groups in total. The molecule has 0 aliphatic heterocycles. The molecule has 1 aromatic rings. The topological polar surface area (TPSA) is 63.4 Å². The first-order valence-corrected chi connectivity index (χ1v) is 8.72. The average molecular weight is 298 g/mol. The van der Waals surface area contributed by atoms with E-state index in [9.17, 15) is 8.42 Å². The van der Waals surface area contributed by atoms with Gasteiger partial charge in [0.15, 0.2) is 0 Å². The summed E-state index contributed by atoms with van der Waals surface area (Å²) in [6.07, 6.45) is 1.98. The number of nitrogens with two attached hydrogens (primary N) is 1. The van der Waals surface area contributed by atoms with Crippen LogP contribution >= 0.6 is 0 Å². The summed E-state index contributed by atoms with van der Waals surface area (Å²) in [7, 11) is -3.42. The van der Waals surface area contributed by atoms with Crippen LogP contribution in [0, 0.1) is 5.92 Å². The lowest BCUT2D eigenvalue weighted by Crippen LogP contribution is -2.35. The number of hydrogen-bond acceptors (Lipinski definition) is 3. The fourth-order valence-corrected chi connectivity index (χ4v) is 3.81. The average Bonchev–Trinajstić information content (AvgIpc) is 2.48. The molecule has 0 fully saturated rings. The molecule has 0 unspecified atom stereocenters. The number of nitrogens with zero attached hydrogens (tertiary/aromatic N) is 1. The predicted molar refractivity (Wildman–Crippen MR) is 82.8 cm³/mol. The van der Waals surface area contributed by atoms with Gasteiger partial charge in [0.05, 0.1) is 4.90 Å². The zero-order valence-corrected chi connectivity index (χ0v) is 13.5. The van der Waals surface area contributed by atoms with E-state index in [1.165, 1.54) is 0 Å². The Morgan fingerprint density at radius 1 is 1.20 bits per heavy atom. The van der Waals surface area contributed by atoms with E-state index < -0.39 is 10.0 Å². The second kappa shape index (κ2) is 7.76. The molecule has 1 aromatic carbocycles. The van der Waals surface area contributed by atoms with Gasteiger partial charge in [-0.1, -0.05) is 45.7 Å². The molecule has 0 aliphatic carbocycles. The summed E-state index contributed by atoms with van der Waals surface area (Å²) in [6.45, 7) is 7.51. The van der Waals surface area contributed by atoms with Crippen LogP contribution in [0.5, 0.6) is 0 Å². The Balaban J connectivity index is 3.04. The van der Waals surface area contributed by atoms with Crippen LogP contribution in [-0.4, -0.2) is 25.8 Å². The van der Waals surface area contributed by atoms with Crippen molar-refractivity contribution in [3.8, 4) is 0 Å². The first kappa shape index (κ1) is 17.1. The maximum atomic E-state index is 12.7. The molecule has 0 radical (unpaired) electrons. The lowest BCUT2D eigenvalue weighted by Gasteiger charge is -2.25. The third kappa shape index (κ3) is 4.04. The molecule has 20 heavy (non-hydrogen) atoms. The van der Waals surface area contributed by atoms with Crippen molar-refractivity contribution in [1.29, 1.82) is 0 Å². The lowest BCUT2D eigenvalue weighted by atomic mass is 10.0. The Hall–Kier alpha value is -0.910. The number of sulfonamides is 1. The molecule has 0 amide bonds. The summed E-state index contributed by atoms with van der Waals surface area (Å²) < 4.78 is 26.9. The summed E-state index contributed by atoms with van der Waals surface area (Å²) in [5, 5.41) is 0. The van der Waals surface area contributed by atoms with Crippen molar-refractivity contribution in [3.63, 3.8) is 0 Å². The van der Waals surface area contributed by atoms with E-state index in [2.05, 4.69) is 13.8 Å². The second-order valence-electron chi connectivity index (χ2n) is 4.99. The van der Waals surface area contributed by atoms with E-state index in [4.69, 9.17) is 5.73 Å². The maximum absolute atomic E-state index is 12.7. The van der Waals surface area contributed by atoms with Gasteiger partial charge in [0.25, 0.3) is 0 Å². The summed E-state index contributed by atoms with van der Waals surface area (Å²) in [5.74, 6) is 0.405. The Bertz CT molecular complexity index is 510. The van der Waals surface area contributed by atoms with Gasteiger partial charge < -0.3 is 5.73 Å². The summed E-state index contributed by atoms with van der Waals surface area (Å²) >= 11 is 0. The molecule has 0 saturated carbocycles. The summed E-state index contributed by atoms with van der Waals surface area (Å²) in [4.78, 5) is 0.341. The molecule has 0 atom stereocenters. The third-order valence-electron chi connectivity index (χ3n) is 3.74. The smallest absolute Gasteiger partial charge is 0.243 e. The van der Waals surface area contributed by atoms with E-state index in [0.29, 0.717) is 30.4 Å². The molecule has 114 valence electrons. The van der Waals surface area contributed by atoms with Gasteiger partial charge in [-0.3, -0.25) is 0 Å². The van der Waals surface area contributed by atoms with Crippen LogP contribution in [0.4, 0.5) is 0 Å². The molecule has 4 nitrogen and oxygen atoms in total. The number of benzene rings is 1. The van der Waals surface area contributed by atoms with Crippen molar-refractivity contribution >= 4 is 10.0 Å². The van der Waals surface area contributed by atoms with E-state index in [-0.39, 0.29) is 0 Å². The fourth-order valence-electron chi connectivity index (χ4n) is 2.21. The zero-order chi connectivity index (χ0) is 15.2. The first-order valence-electron chi connectivity index (χ1n) is 7.28. The van der Waals surface area contributed by atoms with Gasteiger partial charge >= 0.3 is 0 Å². The van der Waals surface area contributed by atoms with Gasteiger partial charge in [-0.25, -0.2) is 8.42 Å². The van der Waals surface area contributed by atoms with Gasteiger partial charge in [0.2, 0.25) is 10.0 Å². The van der Waals surface area contributed by atoms with Gasteiger partial charge in [-0.05, 0) is 23.6 Å². The van der Waals surface area contributed by atoms with Crippen molar-refractivity contribution in [1.82, 2.24) is 4.31 Å². The Kier molecular flexibility index (Phi) is 6.65. The zero-order valence-electron chi connectivity index (χ0n) is 12.7. The molecule has 0 spiro atoms. The number of hydrogen-bond donors (Lipinski definition) is 1. The quantitative estimate of drug-likeness (QED) is 0.802. The van der Waals surface area contributed by atoms with Crippen molar-refractivity contribution in [2.24, 2.45) is 11.7 Å². The van der Waals surface area contributed by atoms with E-state index >= 15 is 0 Å². The van der Waals surface area contributed by atoms with Crippen LogP contribution < -0.4 is 5.73 Å². The number of rotatable bonds is 8. The normalized spacial score (nSPS) is 12.3. The fraction of sp³-hybridized carbons (Fsp3) is 0.600. The molecule has 0 saturated heterocycles. The minimum Gasteiger partial charge on any atom is -0.326 e. The minimum atomic E-state index is -3.42. The highest BCUT2D eigenvalue weighted by molar-refractivity contribution is 7.89. The standard InChI is InChI=1S/C15H26N2O2S/c1-4-13(5-2)12-17(6-3)20(18,19)15-9-7-8-14(10-15)11-16/h7-10,13H,4-6,11-12,16H2,1-3H3. The van der Waals surface area contributed by atoms with Crippen molar-refractivity contribution < 1.29 is 8.42 Å². The van der Waals surface area contributed by atoms with E-state index in [1.54, 1.807) is 22.5 Å². The van der Waals surface area contributed by atoms with Crippen LogP contribution in [0.2, 0.25) is 0 Å². The van der Waals surface area contributed by atoms with Crippen molar-refractivity contribution in [3.05, 3.63) is 29.8 Å². The Labute approximate surface area is 123 Å². The molecular formula is C15H26N2O2S. The van der Waals surface area contributed by atoms with Gasteiger partial charge in [-0.15, -0.1) is 0 Å². The molecule has 5 heteroatoms. The largest absolute Gasteiger partial charge is 0.326 e. The molecular weight excluding hydrogens is 272 g/mol. The molecule has 0 heterocycles. The van der Waals surface area contributed by atoms with Gasteiger partial charge in [0, 0.05) is 19.6 Å². The highest BCUT2D eigenvalue weighted by atomic mass is 32.2. The highest BCUT2D eigenvalue weighted by Crippen LogP contribution is 2.20. The molecule has 1 rings (SSSR count). The van der Waals surface area contributed by atoms with Gasteiger partial charge in [-0.2, -0.15) is 4.31 Å². The van der Waals surface area contributed by atoms with Crippen molar-refractivity contribution in [2.75, 3.05) is 13.1 Å². The minimum absolute atomic E-state index is 0.341. The van der Waals surface area contributed by atoms with Crippen LogP contribution in [0.25, 0.3) is 0 Å². The van der Waals surface area contributed by atoms with Crippen LogP contribution in [0.1, 0.15) is 39.2 Å².